The highest BCUT2D eigenvalue weighted by Crippen LogP contribution is 2.40. The molecule has 0 saturated carbocycles. The number of ether oxygens (including phenoxy) is 1. The SMILES string of the molecule is CNC(=O)NC(=O)C(C)(C)O/N=C(/C(=O)N[C@@H]1C(=O)N2C(C(=O)O)=C(COC(C)=O)CS[C@H]12)c1ccco1. The summed E-state index contributed by atoms with van der Waals surface area (Å²) >= 11 is 1.18. The van der Waals surface area contributed by atoms with Crippen LogP contribution in [0.5, 0.6) is 0 Å². The van der Waals surface area contributed by atoms with E-state index < -0.39 is 58.4 Å². The lowest BCUT2D eigenvalue weighted by Crippen LogP contribution is -2.71. The molecule has 38 heavy (non-hydrogen) atoms. The Bertz CT molecular complexity index is 1220. The van der Waals surface area contributed by atoms with E-state index in [2.05, 4.69) is 15.8 Å². The Labute approximate surface area is 219 Å². The van der Waals surface area contributed by atoms with Crippen molar-refractivity contribution in [3.8, 4) is 0 Å². The van der Waals surface area contributed by atoms with Gasteiger partial charge in [-0.2, -0.15) is 0 Å². The number of oxime groups is 1. The molecule has 1 aromatic rings. The lowest BCUT2D eigenvalue weighted by atomic mass is 10.0. The molecule has 0 radical (unpaired) electrons. The molecule has 1 aromatic heterocycles. The molecule has 2 atom stereocenters. The molecule has 0 spiro atoms. The first-order valence-corrected chi connectivity index (χ1v) is 12.1. The molecule has 5 amide bonds. The van der Waals surface area contributed by atoms with Gasteiger partial charge < -0.3 is 29.7 Å². The van der Waals surface area contributed by atoms with Gasteiger partial charge in [0.25, 0.3) is 17.7 Å². The van der Waals surface area contributed by atoms with Crippen molar-refractivity contribution in [1.29, 1.82) is 0 Å². The van der Waals surface area contributed by atoms with E-state index >= 15 is 0 Å². The van der Waals surface area contributed by atoms with Gasteiger partial charge in [0.15, 0.2) is 5.76 Å². The summed E-state index contributed by atoms with van der Waals surface area (Å²) in [6, 6.07) is 0.991. The van der Waals surface area contributed by atoms with Crippen LogP contribution in [0.4, 0.5) is 4.79 Å². The molecule has 204 valence electrons. The van der Waals surface area contributed by atoms with Gasteiger partial charge in [-0.1, -0.05) is 5.16 Å². The molecule has 0 aliphatic carbocycles. The number of aliphatic carboxylic acids is 1. The summed E-state index contributed by atoms with van der Waals surface area (Å²) in [5.74, 6) is -4.31. The zero-order chi connectivity index (χ0) is 28.2. The van der Waals surface area contributed by atoms with E-state index in [9.17, 15) is 33.9 Å². The van der Waals surface area contributed by atoms with E-state index in [0.29, 0.717) is 0 Å². The number of nitrogens with zero attached hydrogens (tertiary/aromatic N) is 2. The van der Waals surface area contributed by atoms with Crippen molar-refractivity contribution in [3.05, 3.63) is 35.4 Å². The normalized spacial score (nSPS) is 19.1. The Hall–Kier alpha value is -4.34. The molecule has 2 aliphatic rings. The summed E-state index contributed by atoms with van der Waals surface area (Å²) in [6.45, 7) is 3.52. The smallest absolute Gasteiger partial charge is 0.352 e. The van der Waals surface area contributed by atoms with Gasteiger partial charge in [0.1, 0.15) is 23.7 Å². The van der Waals surface area contributed by atoms with Crippen LogP contribution >= 0.6 is 11.8 Å². The quantitative estimate of drug-likeness (QED) is 0.134. The van der Waals surface area contributed by atoms with E-state index in [1.54, 1.807) is 0 Å². The molecule has 15 nitrogen and oxygen atoms in total. The van der Waals surface area contributed by atoms with Crippen LogP contribution in [0.15, 0.2) is 39.2 Å². The summed E-state index contributed by atoms with van der Waals surface area (Å²) in [5.41, 5.74) is -2.16. The Balaban J connectivity index is 1.78. The summed E-state index contributed by atoms with van der Waals surface area (Å²) in [4.78, 5) is 79.1. The van der Waals surface area contributed by atoms with Gasteiger partial charge in [-0.05, 0) is 26.0 Å². The number of nitrogens with one attached hydrogen (secondary N) is 3. The van der Waals surface area contributed by atoms with Crippen molar-refractivity contribution >= 4 is 53.2 Å². The molecule has 3 rings (SSSR count). The molecule has 1 fully saturated rings. The molecular weight excluding hydrogens is 526 g/mol. The number of carboxylic acids is 1. The van der Waals surface area contributed by atoms with Gasteiger partial charge in [-0.15, -0.1) is 11.8 Å². The number of β-lactam (4-membered cyclic amide) rings is 1. The van der Waals surface area contributed by atoms with E-state index in [4.69, 9.17) is 14.0 Å². The average molecular weight is 552 g/mol. The van der Waals surface area contributed by atoms with Gasteiger partial charge >= 0.3 is 18.0 Å². The third-order valence-electron chi connectivity index (χ3n) is 5.32. The number of amides is 5. The highest BCUT2D eigenvalue weighted by atomic mass is 32.2. The van der Waals surface area contributed by atoms with E-state index in [0.717, 1.165) is 4.90 Å². The first-order chi connectivity index (χ1) is 17.9. The Morgan fingerprint density at radius 3 is 2.58 bits per heavy atom. The zero-order valence-electron chi connectivity index (χ0n) is 20.7. The number of carboxylic acid groups (broad SMARTS) is 1. The number of furan rings is 1. The van der Waals surface area contributed by atoms with Crippen LogP contribution < -0.4 is 16.0 Å². The molecule has 1 saturated heterocycles. The fourth-order valence-electron chi connectivity index (χ4n) is 3.32. The minimum Gasteiger partial charge on any atom is -0.477 e. The Morgan fingerprint density at radius 1 is 1.29 bits per heavy atom. The molecule has 2 aliphatic heterocycles. The fraction of sp³-hybridized carbons (Fsp3) is 0.409. The fourth-order valence-corrected chi connectivity index (χ4v) is 4.65. The summed E-state index contributed by atoms with van der Waals surface area (Å²) < 4.78 is 10.1. The zero-order valence-corrected chi connectivity index (χ0v) is 21.5. The van der Waals surface area contributed by atoms with E-state index in [1.807, 2.05) is 5.32 Å². The van der Waals surface area contributed by atoms with Crippen molar-refractivity contribution in [2.75, 3.05) is 19.4 Å². The van der Waals surface area contributed by atoms with Gasteiger partial charge in [-0.25, -0.2) is 9.59 Å². The van der Waals surface area contributed by atoms with Crippen molar-refractivity contribution in [2.45, 2.75) is 37.8 Å². The lowest BCUT2D eigenvalue weighted by Gasteiger charge is -2.49. The van der Waals surface area contributed by atoms with Gasteiger partial charge in [0.05, 0.1) is 6.26 Å². The van der Waals surface area contributed by atoms with Crippen molar-refractivity contribution < 1.29 is 47.9 Å². The second kappa shape index (κ2) is 11.4. The number of hydrogen-bond acceptors (Lipinski definition) is 11. The first-order valence-electron chi connectivity index (χ1n) is 11.0. The molecule has 0 unspecified atom stereocenters. The van der Waals surface area contributed by atoms with Crippen LogP contribution in [0.2, 0.25) is 0 Å². The summed E-state index contributed by atoms with van der Waals surface area (Å²) in [5, 5.41) is 19.4. The number of carbonyl (C=O) groups is 6. The molecule has 3 heterocycles. The van der Waals surface area contributed by atoms with Crippen LogP contribution in [0, 0.1) is 0 Å². The number of imide groups is 1. The van der Waals surface area contributed by atoms with Crippen LogP contribution in [0.25, 0.3) is 0 Å². The third kappa shape index (κ3) is 5.96. The van der Waals surface area contributed by atoms with Crippen molar-refractivity contribution in [1.82, 2.24) is 20.9 Å². The second-order valence-corrected chi connectivity index (χ2v) is 9.56. The molecule has 4 N–H and O–H groups in total. The second-order valence-electron chi connectivity index (χ2n) is 8.45. The molecule has 0 aromatic carbocycles. The number of fused-ring (bicyclic) bond motifs is 1. The number of thioether (sulfide) groups is 1. The van der Waals surface area contributed by atoms with Crippen molar-refractivity contribution in [3.63, 3.8) is 0 Å². The van der Waals surface area contributed by atoms with Gasteiger partial charge in [0, 0.05) is 25.3 Å². The number of carbonyl (C=O) groups excluding carboxylic acids is 5. The van der Waals surface area contributed by atoms with Crippen LogP contribution in [-0.4, -0.2) is 87.8 Å². The Kier molecular flexibility index (Phi) is 8.45. The molecular formula is C22H25N5O10S. The maximum absolute atomic E-state index is 13.1. The monoisotopic (exact) mass is 551 g/mol. The lowest BCUT2D eigenvalue weighted by molar-refractivity contribution is -0.150. The summed E-state index contributed by atoms with van der Waals surface area (Å²) in [7, 11) is 1.32. The molecule has 0 bridgehead atoms. The van der Waals surface area contributed by atoms with E-state index in [-0.39, 0.29) is 29.4 Å². The summed E-state index contributed by atoms with van der Waals surface area (Å²) in [6.07, 6.45) is 1.27. The molecule has 16 heteroatoms. The standard InChI is InChI=1S/C22H25N5O10S/c1-10(28)36-8-11-9-38-18-14(17(30)27(18)15(11)19(31)32)24-16(29)13(12-6-5-7-35-12)26-37-22(2,3)20(33)25-21(34)23-4/h5-7,14,18H,8-9H2,1-4H3,(H,24,29)(H,31,32)(H2,23,25,33,34)/b26-13+/t14-,18-/m1/s1. The maximum Gasteiger partial charge on any atom is 0.352 e. The predicted octanol–water partition coefficient (Wildman–Crippen LogP) is -0.464. The highest BCUT2D eigenvalue weighted by Gasteiger charge is 2.54. The first kappa shape index (κ1) is 28.2. The van der Waals surface area contributed by atoms with Gasteiger partial charge in [-0.3, -0.25) is 29.4 Å². The van der Waals surface area contributed by atoms with Crippen molar-refractivity contribution in [2.24, 2.45) is 5.16 Å². The topological polar surface area (TPSA) is 206 Å². The maximum atomic E-state index is 13.1. The Morgan fingerprint density at radius 2 is 2.00 bits per heavy atom. The predicted molar refractivity (Wildman–Crippen MR) is 129 cm³/mol. The van der Waals surface area contributed by atoms with Crippen LogP contribution in [0.3, 0.4) is 0 Å². The largest absolute Gasteiger partial charge is 0.477 e. The number of esters is 1. The minimum atomic E-state index is -1.69. The van der Waals surface area contributed by atoms with Crippen LogP contribution in [-0.2, 0) is 33.5 Å². The average Bonchev–Trinajstić information content (AvgIpc) is 3.39. The van der Waals surface area contributed by atoms with Crippen LogP contribution in [0.1, 0.15) is 26.5 Å². The third-order valence-corrected chi connectivity index (χ3v) is 6.66. The minimum absolute atomic E-state index is 0.0419. The number of urea groups is 1. The van der Waals surface area contributed by atoms with E-state index in [1.165, 1.54) is 58.0 Å². The number of rotatable bonds is 9. The highest BCUT2D eigenvalue weighted by molar-refractivity contribution is 8.00. The van der Waals surface area contributed by atoms with Gasteiger partial charge in [0.2, 0.25) is 11.3 Å². The number of hydrogen-bond donors (Lipinski definition) is 4.